The Morgan fingerprint density at radius 3 is 2.77 bits per heavy atom. The molecule has 3 atom stereocenters. The molecule has 0 radical (unpaired) electrons. The van der Waals surface area contributed by atoms with Gasteiger partial charge in [0, 0.05) is 52.6 Å². The van der Waals surface area contributed by atoms with E-state index in [-0.39, 0.29) is 12.1 Å². The number of anilines is 1. The van der Waals surface area contributed by atoms with Crippen LogP contribution < -0.4 is 10.1 Å². The number of benzene rings is 3. The molecule has 2 aliphatic heterocycles. The molecule has 0 spiro atoms. The molecule has 1 aromatic heterocycles. The highest BCUT2D eigenvalue weighted by Gasteiger charge is 2.40. The number of ether oxygens (including phenoxy) is 2. The van der Waals surface area contributed by atoms with Gasteiger partial charge in [0.1, 0.15) is 5.75 Å². The number of hydrogen-bond acceptors (Lipinski definition) is 3. The summed E-state index contributed by atoms with van der Waals surface area (Å²) < 4.78 is 14.1. The van der Waals surface area contributed by atoms with Gasteiger partial charge in [-0.2, -0.15) is 0 Å². The van der Waals surface area contributed by atoms with E-state index in [1.807, 2.05) is 6.07 Å². The maximum absolute atomic E-state index is 6.32. The van der Waals surface area contributed by atoms with Crippen LogP contribution in [0.25, 0.3) is 21.8 Å². The summed E-state index contributed by atoms with van der Waals surface area (Å²) >= 11 is 0. The lowest BCUT2D eigenvalue weighted by molar-refractivity contribution is -0.0382. The first kappa shape index (κ1) is 17.8. The monoisotopic (exact) mass is 398 g/mol. The van der Waals surface area contributed by atoms with Gasteiger partial charge in [0.25, 0.3) is 0 Å². The van der Waals surface area contributed by atoms with Crippen molar-refractivity contribution in [3.05, 3.63) is 71.8 Å². The van der Waals surface area contributed by atoms with Gasteiger partial charge < -0.3 is 19.4 Å². The van der Waals surface area contributed by atoms with Crippen LogP contribution in [0.4, 0.5) is 5.69 Å². The molecule has 4 heteroatoms. The van der Waals surface area contributed by atoms with E-state index in [0.29, 0.717) is 5.92 Å². The van der Waals surface area contributed by atoms with Gasteiger partial charge in [-0.1, -0.05) is 24.3 Å². The first-order chi connectivity index (χ1) is 14.7. The fourth-order valence-electron chi connectivity index (χ4n) is 5.48. The maximum atomic E-state index is 6.32. The van der Waals surface area contributed by atoms with Crippen molar-refractivity contribution in [2.45, 2.75) is 25.0 Å². The first-order valence-corrected chi connectivity index (χ1v) is 10.8. The Kier molecular flexibility index (Phi) is 4.03. The zero-order valence-corrected chi connectivity index (χ0v) is 17.4. The average Bonchev–Trinajstić information content (AvgIpc) is 3.10. The largest absolute Gasteiger partial charge is 0.497 e. The number of nitrogens with one attached hydrogen (secondary N) is 1. The summed E-state index contributed by atoms with van der Waals surface area (Å²) in [5.41, 5.74) is 6.26. The lowest BCUT2D eigenvalue weighted by atomic mass is 9.77. The molecule has 6 rings (SSSR count). The van der Waals surface area contributed by atoms with Gasteiger partial charge in [0.05, 0.1) is 19.3 Å². The fraction of sp³-hybridized carbons (Fsp3) is 0.308. The van der Waals surface area contributed by atoms with Crippen molar-refractivity contribution in [2.75, 3.05) is 19.0 Å². The van der Waals surface area contributed by atoms with Crippen LogP contribution in [0.1, 0.15) is 36.1 Å². The quantitative estimate of drug-likeness (QED) is 0.451. The molecule has 0 bridgehead atoms. The van der Waals surface area contributed by atoms with Crippen molar-refractivity contribution in [2.24, 2.45) is 13.0 Å². The van der Waals surface area contributed by atoms with E-state index >= 15 is 0 Å². The van der Waals surface area contributed by atoms with Gasteiger partial charge in [-0.05, 0) is 54.8 Å². The zero-order valence-electron chi connectivity index (χ0n) is 17.4. The first-order valence-electron chi connectivity index (χ1n) is 10.8. The van der Waals surface area contributed by atoms with Crippen LogP contribution in [0, 0.1) is 5.92 Å². The number of rotatable bonds is 2. The van der Waals surface area contributed by atoms with E-state index in [0.717, 1.165) is 30.9 Å². The number of aromatic nitrogens is 1. The van der Waals surface area contributed by atoms with Gasteiger partial charge >= 0.3 is 0 Å². The molecule has 30 heavy (non-hydrogen) atoms. The van der Waals surface area contributed by atoms with Crippen LogP contribution in [0.3, 0.4) is 0 Å². The van der Waals surface area contributed by atoms with Gasteiger partial charge in [0.15, 0.2) is 0 Å². The lowest BCUT2D eigenvalue weighted by Gasteiger charge is -2.43. The number of aryl methyl sites for hydroxylation is 1. The molecule has 0 amide bonds. The smallest absolute Gasteiger partial charge is 0.119 e. The van der Waals surface area contributed by atoms with Crippen molar-refractivity contribution in [3.8, 4) is 5.75 Å². The van der Waals surface area contributed by atoms with E-state index in [9.17, 15) is 0 Å². The molecule has 3 heterocycles. The van der Waals surface area contributed by atoms with E-state index in [1.54, 1.807) is 7.11 Å². The predicted octanol–water partition coefficient (Wildman–Crippen LogP) is 5.97. The standard InChI is InChI=1S/C26H26N2O2/c1-28-23-8-4-3-6-18(23)20-14-16(9-12-24(20)28)25-19-7-5-13-30-26(19)21-15-17(29-2)10-11-22(21)27-25/h3-4,6,8-12,14-15,19,25-27H,5,7,13H2,1-2H3/t19?,25-,26?/m1/s1. The van der Waals surface area contributed by atoms with Crippen molar-refractivity contribution in [3.63, 3.8) is 0 Å². The minimum absolute atomic E-state index is 0.110. The van der Waals surface area contributed by atoms with Crippen LogP contribution in [-0.4, -0.2) is 18.3 Å². The van der Waals surface area contributed by atoms with E-state index in [1.165, 1.54) is 32.9 Å². The Bertz CT molecular complexity index is 1260. The summed E-state index contributed by atoms with van der Waals surface area (Å²) in [7, 11) is 3.87. The second kappa shape index (κ2) is 6.78. The number of hydrogen-bond donors (Lipinski definition) is 1. The van der Waals surface area contributed by atoms with E-state index in [2.05, 4.69) is 71.5 Å². The van der Waals surface area contributed by atoms with Gasteiger partial charge in [-0.3, -0.25) is 0 Å². The van der Waals surface area contributed by atoms with Crippen LogP contribution >= 0.6 is 0 Å². The van der Waals surface area contributed by atoms with Crippen molar-refractivity contribution in [1.29, 1.82) is 0 Å². The number of fused-ring (bicyclic) bond motifs is 6. The van der Waals surface area contributed by atoms with E-state index in [4.69, 9.17) is 9.47 Å². The van der Waals surface area contributed by atoms with Crippen LogP contribution in [0.5, 0.6) is 5.75 Å². The Hall–Kier alpha value is -2.98. The summed E-state index contributed by atoms with van der Waals surface area (Å²) in [6.07, 6.45) is 2.38. The number of methoxy groups -OCH3 is 1. The highest BCUT2D eigenvalue weighted by molar-refractivity contribution is 6.08. The molecule has 0 aliphatic carbocycles. The number of para-hydroxylation sites is 1. The fourth-order valence-corrected chi connectivity index (χ4v) is 5.48. The van der Waals surface area contributed by atoms with Crippen molar-refractivity contribution in [1.82, 2.24) is 4.57 Å². The molecule has 0 saturated carbocycles. The summed E-state index contributed by atoms with van der Waals surface area (Å²) in [6.45, 7) is 0.826. The Labute approximate surface area is 176 Å². The minimum Gasteiger partial charge on any atom is -0.497 e. The summed E-state index contributed by atoms with van der Waals surface area (Å²) in [5.74, 6) is 1.30. The molecule has 1 N–H and O–H groups in total. The molecule has 4 aromatic rings. The Morgan fingerprint density at radius 2 is 1.87 bits per heavy atom. The maximum Gasteiger partial charge on any atom is 0.119 e. The van der Waals surface area contributed by atoms with Crippen LogP contribution in [0.15, 0.2) is 60.7 Å². The van der Waals surface area contributed by atoms with Crippen molar-refractivity contribution >= 4 is 27.5 Å². The molecule has 1 saturated heterocycles. The van der Waals surface area contributed by atoms with E-state index < -0.39 is 0 Å². The zero-order chi connectivity index (χ0) is 20.2. The van der Waals surface area contributed by atoms with Gasteiger partial charge in [-0.15, -0.1) is 0 Å². The Morgan fingerprint density at radius 1 is 1.00 bits per heavy atom. The molecular weight excluding hydrogens is 372 g/mol. The van der Waals surface area contributed by atoms with Crippen molar-refractivity contribution < 1.29 is 9.47 Å². The Balaban J connectivity index is 1.49. The summed E-state index contributed by atoms with van der Waals surface area (Å²) in [5, 5.41) is 6.48. The molecule has 4 nitrogen and oxygen atoms in total. The third-order valence-electron chi connectivity index (χ3n) is 6.97. The molecular formula is C26H26N2O2. The van der Waals surface area contributed by atoms with Crippen LogP contribution in [0.2, 0.25) is 0 Å². The van der Waals surface area contributed by atoms with Gasteiger partial charge in [0.2, 0.25) is 0 Å². The van der Waals surface area contributed by atoms with Gasteiger partial charge in [-0.25, -0.2) is 0 Å². The lowest BCUT2D eigenvalue weighted by Crippen LogP contribution is -2.36. The second-order valence-electron chi connectivity index (χ2n) is 8.53. The average molecular weight is 399 g/mol. The highest BCUT2D eigenvalue weighted by Crippen LogP contribution is 2.50. The molecule has 152 valence electrons. The molecule has 1 fully saturated rings. The second-order valence-corrected chi connectivity index (χ2v) is 8.53. The minimum atomic E-state index is 0.110. The van der Waals surface area contributed by atoms with Crippen LogP contribution in [-0.2, 0) is 11.8 Å². The number of nitrogens with zero attached hydrogens (tertiary/aromatic N) is 1. The molecule has 2 aliphatic rings. The topological polar surface area (TPSA) is 35.4 Å². The summed E-state index contributed by atoms with van der Waals surface area (Å²) in [4.78, 5) is 0. The summed E-state index contributed by atoms with van der Waals surface area (Å²) in [6, 6.07) is 22.1. The third kappa shape index (κ3) is 2.56. The highest BCUT2D eigenvalue weighted by atomic mass is 16.5. The molecule has 2 unspecified atom stereocenters. The third-order valence-corrected chi connectivity index (χ3v) is 6.97. The normalized spacial score (nSPS) is 23.1. The molecule has 3 aromatic carbocycles. The predicted molar refractivity (Wildman–Crippen MR) is 121 cm³/mol. The SMILES string of the molecule is COc1ccc2c(c1)C1OCCCC1[C@@H](c1ccc3c(c1)c1ccccc1n3C)N2.